The molecule has 1 heterocycles. The molecule has 0 radical (unpaired) electrons. The summed E-state index contributed by atoms with van der Waals surface area (Å²) in [5.41, 5.74) is 0.792. The Labute approximate surface area is 105 Å². The largest absolute Gasteiger partial charge is 0.364 e. The van der Waals surface area contributed by atoms with Crippen molar-refractivity contribution in [1.82, 2.24) is 0 Å². The van der Waals surface area contributed by atoms with Crippen molar-refractivity contribution < 1.29 is 4.39 Å². The fourth-order valence-corrected chi connectivity index (χ4v) is 2.74. The van der Waals surface area contributed by atoms with Gasteiger partial charge in [0.05, 0.1) is 5.69 Å². The number of nitrogens with zero attached hydrogens (tertiary/aromatic N) is 1. The van der Waals surface area contributed by atoms with Gasteiger partial charge in [0, 0.05) is 16.6 Å². The highest BCUT2D eigenvalue weighted by molar-refractivity contribution is 9.10. The van der Waals surface area contributed by atoms with Crippen molar-refractivity contribution in [2.24, 2.45) is 0 Å². The molecule has 1 aromatic carbocycles. The number of anilines is 1. The number of hydrogen-bond acceptors (Lipinski definition) is 1. The molecule has 88 valence electrons. The van der Waals surface area contributed by atoms with Crippen molar-refractivity contribution >= 4 is 21.6 Å². The molecule has 1 nitrogen and oxygen atoms in total. The van der Waals surface area contributed by atoms with Gasteiger partial charge in [-0.25, -0.2) is 4.39 Å². The van der Waals surface area contributed by atoms with E-state index in [0.29, 0.717) is 0 Å². The number of halogens is 2. The third-order valence-corrected chi connectivity index (χ3v) is 3.84. The third kappa shape index (κ3) is 2.24. The van der Waals surface area contributed by atoms with E-state index in [4.69, 9.17) is 0 Å². The Bertz CT molecular complexity index is 390. The SMILES string of the molecule is CC1(C)CCCCN1c1ccc(Br)cc1F. The second-order valence-corrected chi connectivity index (χ2v) is 5.93. The Kier molecular flexibility index (Phi) is 3.24. The minimum absolute atomic E-state index is 0.0624. The van der Waals surface area contributed by atoms with Gasteiger partial charge in [-0.3, -0.25) is 0 Å². The van der Waals surface area contributed by atoms with Gasteiger partial charge < -0.3 is 4.90 Å². The molecule has 1 aliphatic heterocycles. The van der Waals surface area contributed by atoms with E-state index in [0.717, 1.165) is 29.5 Å². The third-order valence-electron chi connectivity index (χ3n) is 3.35. The first-order valence-corrected chi connectivity index (χ1v) is 6.53. The van der Waals surface area contributed by atoms with Gasteiger partial charge in [-0.15, -0.1) is 0 Å². The van der Waals surface area contributed by atoms with Gasteiger partial charge >= 0.3 is 0 Å². The molecule has 0 spiro atoms. The van der Waals surface area contributed by atoms with Crippen molar-refractivity contribution in [3.63, 3.8) is 0 Å². The maximum Gasteiger partial charge on any atom is 0.147 e. The zero-order chi connectivity index (χ0) is 11.8. The molecule has 0 bridgehead atoms. The predicted molar refractivity (Wildman–Crippen MR) is 69.4 cm³/mol. The average molecular weight is 286 g/mol. The summed E-state index contributed by atoms with van der Waals surface area (Å²) < 4.78 is 14.7. The summed E-state index contributed by atoms with van der Waals surface area (Å²) in [5.74, 6) is -0.135. The molecule has 2 rings (SSSR count). The second kappa shape index (κ2) is 4.36. The first-order valence-electron chi connectivity index (χ1n) is 5.73. The highest BCUT2D eigenvalue weighted by atomic mass is 79.9. The first kappa shape index (κ1) is 11.9. The fraction of sp³-hybridized carbons (Fsp3) is 0.538. The summed E-state index contributed by atoms with van der Waals surface area (Å²) >= 11 is 3.29. The highest BCUT2D eigenvalue weighted by Crippen LogP contribution is 2.34. The van der Waals surface area contributed by atoms with E-state index < -0.39 is 0 Å². The standard InChI is InChI=1S/C13H17BrFN/c1-13(2)7-3-4-8-16(13)12-6-5-10(14)9-11(12)15/h5-6,9H,3-4,7-8H2,1-2H3. The van der Waals surface area contributed by atoms with E-state index in [2.05, 4.69) is 34.7 Å². The summed E-state index contributed by atoms with van der Waals surface area (Å²) in [4.78, 5) is 2.19. The summed E-state index contributed by atoms with van der Waals surface area (Å²) in [6.45, 7) is 5.33. The molecule has 16 heavy (non-hydrogen) atoms. The van der Waals surface area contributed by atoms with E-state index in [1.165, 1.54) is 6.42 Å². The van der Waals surface area contributed by atoms with Crippen molar-refractivity contribution in [1.29, 1.82) is 0 Å². The van der Waals surface area contributed by atoms with Gasteiger partial charge in [-0.1, -0.05) is 15.9 Å². The fourth-order valence-electron chi connectivity index (χ4n) is 2.41. The maximum absolute atomic E-state index is 13.9. The van der Waals surface area contributed by atoms with E-state index in [1.54, 1.807) is 6.07 Å². The van der Waals surface area contributed by atoms with Gasteiger partial charge in [-0.2, -0.15) is 0 Å². The quantitative estimate of drug-likeness (QED) is 0.741. The number of hydrogen-bond donors (Lipinski definition) is 0. The molecule has 0 amide bonds. The topological polar surface area (TPSA) is 3.24 Å². The summed E-state index contributed by atoms with van der Waals surface area (Å²) in [5, 5.41) is 0. The Morgan fingerprint density at radius 1 is 1.31 bits per heavy atom. The van der Waals surface area contributed by atoms with Crippen molar-refractivity contribution in [3.8, 4) is 0 Å². The normalized spacial score (nSPS) is 19.9. The van der Waals surface area contributed by atoms with Crippen LogP contribution >= 0.6 is 15.9 Å². The van der Waals surface area contributed by atoms with E-state index in [9.17, 15) is 4.39 Å². The Hall–Kier alpha value is -0.570. The van der Waals surface area contributed by atoms with E-state index in [1.807, 2.05) is 12.1 Å². The summed E-state index contributed by atoms with van der Waals surface area (Å²) in [6.07, 6.45) is 3.52. The van der Waals surface area contributed by atoms with Crippen LogP contribution in [0.15, 0.2) is 22.7 Å². The number of benzene rings is 1. The Morgan fingerprint density at radius 3 is 2.69 bits per heavy atom. The van der Waals surface area contributed by atoms with Gasteiger partial charge in [0.1, 0.15) is 5.82 Å². The molecule has 0 aromatic heterocycles. The molecule has 0 aliphatic carbocycles. The van der Waals surface area contributed by atoms with Crippen LogP contribution in [0, 0.1) is 5.82 Å². The van der Waals surface area contributed by atoms with Gasteiger partial charge in [0.25, 0.3) is 0 Å². The molecule has 1 aliphatic rings. The number of piperidine rings is 1. The van der Waals surface area contributed by atoms with Gasteiger partial charge in [-0.05, 0) is 51.3 Å². The first-order chi connectivity index (χ1) is 7.50. The monoisotopic (exact) mass is 285 g/mol. The zero-order valence-electron chi connectivity index (χ0n) is 9.76. The Morgan fingerprint density at radius 2 is 2.06 bits per heavy atom. The van der Waals surface area contributed by atoms with Crippen molar-refractivity contribution in [3.05, 3.63) is 28.5 Å². The average Bonchev–Trinajstić information content (AvgIpc) is 2.19. The molecular formula is C13H17BrFN. The minimum atomic E-state index is -0.135. The smallest absolute Gasteiger partial charge is 0.147 e. The van der Waals surface area contributed by atoms with Crippen LogP contribution in [0.2, 0.25) is 0 Å². The van der Waals surface area contributed by atoms with Gasteiger partial charge in [0.15, 0.2) is 0 Å². The Balaban J connectivity index is 2.35. The predicted octanol–water partition coefficient (Wildman–Crippen LogP) is 4.36. The lowest BCUT2D eigenvalue weighted by Crippen LogP contribution is -2.48. The van der Waals surface area contributed by atoms with Crippen molar-refractivity contribution in [2.75, 3.05) is 11.4 Å². The molecule has 0 unspecified atom stereocenters. The van der Waals surface area contributed by atoms with Crippen LogP contribution in [0.4, 0.5) is 10.1 Å². The molecule has 1 saturated heterocycles. The van der Waals surface area contributed by atoms with E-state index >= 15 is 0 Å². The highest BCUT2D eigenvalue weighted by Gasteiger charge is 2.31. The molecule has 0 N–H and O–H groups in total. The van der Waals surface area contributed by atoms with Crippen LogP contribution in [-0.2, 0) is 0 Å². The lowest BCUT2D eigenvalue weighted by atomic mass is 9.90. The molecule has 0 saturated carbocycles. The van der Waals surface area contributed by atoms with Crippen LogP contribution in [0.25, 0.3) is 0 Å². The van der Waals surface area contributed by atoms with E-state index in [-0.39, 0.29) is 11.4 Å². The lowest BCUT2D eigenvalue weighted by molar-refractivity contribution is 0.357. The van der Waals surface area contributed by atoms with Crippen LogP contribution in [0.3, 0.4) is 0 Å². The summed E-state index contributed by atoms with van der Waals surface area (Å²) in [7, 11) is 0. The van der Waals surface area contributed by atoms with Gasteiger partial charge in [0.2, 0.25) is 0 Å². The van der Waals surface area contributed by atoms with Crippen LogP contribution in [0.1, 0.15) is 33.1 Å². The van der Waals surface area contributed by atoms with Crippen LogP contribution < -0.4 is 4.90 Å². The molecule has 3 heteroatoms. The van der Waals surface area contributed by atoms with Crippen molar-refractivity contribution in [2.45, 2.75) is 38.6 Å². The van der Waals surface area contributed by atoms with Crippen LogP contribution in [0.5, 0.6) is 0 Å². The molecular weight excluding hydrogens is 269 g/mol. The molecule has 1 aromatic rings. The number of rotatable bonds is 1. The second-order valence-electron chi connectivity index (χ2n) is 5.02. The zero-order valence-corrected chi connectivity index (χ0v) is 11.3. The lowest BCUT2D eigenvalue weighted by Gasteiger charge is -2.44. The minimum Gasteiger partial charge on any atom is -0.364 e. The van der Waals surface area contributed by atoms with Crippen LogP contribution in [-0.4, -0.2) is 12.1 Å². The maximum atomic E-state index is 13.9. The molecule has 1 fully saturated rings. The summed E-state index contributed by atoms with van der Waals surface area (Å²) in [6, 6.07) is 5.32. The molecule has 0 atom stereocenters.